The fraction of sp³-hybridized carbons (Fsp3) is 0.0303. The summed E-state index contributed by atoms with van der Waals surface area (Å²) in [6.07, 6.45) is 0. The number of nitrogens with zero attached hydrogens (tertiary/aromatic N) is 4. The lowest BCUT2D eigenvalue weighted by molar-refractivity contribution is 0.481. The Bertz CT molecular complexity index is 2400. The molecule has 0 atom stereocenters. The number of hydrogen-bond donors (Lipinski definition) is 3. The van der Waals surface area contributed by atoms with Crippen molar-refractivity contribution in [3.8, 4) is 0 Å². The Labute approximate surface area is 264 Å². The number of hydrogen-bond acceptors (Lipinski definition) is 9. The highest BCUT2D eigenvalue weighted by Gasteiger charge is 2.19. The van der Waals surface area contributed by atoms with Crippen LogP contribution in [0.2, 0.25) is 0 Å². The molecule has 0 aliphatic carbocycles. The highest BCUT2D eigenvalue weighted by Crippen LogP contribution is 2.40. The minimum absolute atomic E-state index is 0.244. The van der Waals surface area contributed by atoms with E-state index in [0.717, 1.165) is 22.0 Å². The fourth-order valence-electron chi connectivity index (χ4n) is 4.95. The second kappa shape index (κ2) is 12.2. The SMILES string of the molecule is Cc1ccc2c(N=Nc3ccc(Nc4ccccc4)c4c(S(=O)(=O)O)cccc34)ccc(N=Nc3ccc(S(=O)(=O)O)cc3)c2c1. The molecule has 0 aromatic heterocycles. The number of nitrogens with one attached hydrogen (secondary N) is 1. The van der Waals surface area contributed by atoms with Gasteiger partial charge in [0, 0.05) is 32.9 Å². The number of azo groups is 2. The third kappa shape index (κ3) is 6.53. The van der Waals surface area contributed by atoms with E-state index in [1.54, 1.807) is 30.3 Å². The molecule has 0 spiro atoms. The van der Waals surface area contributed by atoms with E-state index in [0.29, 0.717) is 33.8 Å². The van der Waals surface area contributed by atoms with Gasteiger partial charge in [-0.1, -0.05) is 48.0 Å². The van der Waals surface area contributed by atoms with Crippen LogP contribution in [0, 0.1) is 6.92 Å². The molecule has 0 heterocycles. The van der Waals surface area contributed by atoms with Gasteiger partial charge >= 0.3 is 0 Å². The lowest BCUT2D eigenvalue weighted by Gasteiger charge is -2.14. The van der Waals surface area contributed by atoms with Gasteiger partial charge in [0.2, 0.25) is 0 Å². The molecule has 6 aromatic carbocycles. The Balaban J connectivity index is 1.40. The summed E-state index contributed by atoms with van der Waals surface area (Å²) in [6, 6.07) is 31.8. The summed E-state index contributed by atoms with van der Waals surface area (Å²) in [4.78, 5) is -0.505. The maximum atomic E-state index is 12.4. The molecule has 0 saturated carbocycles. The highest BCUT2D eigenvalue weighted by atomic mass is 32.2. The Kier molecular flexibility index (Phi) is 8.15. The lowest BCUT2D eigenvalue weighted by Crippen LogP contribution is -2.01. The molecule has 0 aliphatic rings. The molecule has 11 nitrogen and oxygen atoms in total. The molecule has 46 heavy (non-hydrogen) atoms. The van der Waals surface area contributed by atoms with Crippen LogP contribution in [0.3, 0.4) is 0 Å². The number of aryl methyl sites for hydroxylation is 1. The van der Waals surface area contributed by atoms with E-state index in [-0.39, 0.29) is 15.2 Å². The summed E-state index contributed by atoms with van der Waals surface area (Å²) in [5, 5.41) is 23.0. The van der Waals surface area contributed by atoms with Crippen molar-refractivity contribution in [3.63, 3.8) is 0 Å². The van der Waals surface area contributed by atoms with Crippen LogP contribution >= 0.6 is 0 Å². The summed E-state index contributed by atoms with van der Waals surface area (Å²) < 4.78 is 66.6. The van der Waals surface area contributed by atoms with E-state index < -0.39 is 20.2 Å². The van der Waals surface area contributed by atoms with Crippen LogP contribution in [0.4, 0.5) is 34.1 Å². The van der Waals surface area contributed by atoms with Gasteiger partial charge in [-0.25, -0.2) is 0 Å². The minimum atomic E-state index is -4.57. The fourth-order valence-corrected chi connectivity index (χ4v) is 6.16. The molecule has 0 radical (unpaired) electrons. The molecule has 0 amide bonds. The van der Waals surface area contributed by atoms with Gasteiger partial charge in [0.25, 0.3) is 20.2 Å². The monoisotopic (exact) mass is 651 g/mol. The van der Waals surface area contributed by atoms with Crippen molar-refractivity contribution in [2.75, 3.05) is 5.32 Å². The topological polar surface area (TPSA) is 170 Å². The van der Waals surface area contributed by atoms with E-state index in [9.17, 15) is 25.9 Å². The molecule has 0 unspecified atom stereocenters. The van der Waals surface area contributed by atoms with E-state index in [2.05, 4.69) is 25.8 Å². The predicted molar refractivity (Wildman–Crippen MR) is 177 cm³/mol. The van der Waals surface area contributed by atoms with Gasteiger partial charge in [-0.15, -0.1) is 15.3 Å². The van der Waals surface area contributed by atoms with Crippen molar-refractivity contribution in [2.45, 2.75) is 16.7 Å². The third-order valence-electron chi connectivity index (χ3n) is 7.11. The summed E-state index contributed by atoms with van der Waals surface area (Å²) in [6.45, 7) is 1.94. The molecule has 6 rings (SSSR count). The quantitative estimate of drug-likeness (QED) is 0.109. The molecule has 0 aliphatic heterocycles. The van der Waals surface area contributed by atoms with Gasteiger partial charge < -0.3 is 5.32 Å². The molecule has 0 saturated heterocycles. The summed E-state index contributed by atoms with van der Waals surface area (Å²) >= 11 is 0. The van der Waals surface area contributed by atoms with Crippen molar-refractivity contribution in [1.29, 1.82) is 0 Å². The van der Waals surface area contributed by atoms with Crippen LogP contribution in [0.5, 0.6) is 0 Å². The summed E-state index contributed by atoms with van der Waals surface area (Å²) in [7, 11) is -8.89. The van der Waals surface area contributed by atoms with Crippen molar-refractivity contribution >= 4 is 75.9 Å². The zero-order valence-electron chi connectivity index (χ0n) is 24.1. The zero-order chi connectivity index (χ0) is 32.5. The van der Waals surface area contributed by atoms with E-state index in [1.165, 1.54) is 36.4 Å². The maximum absolute atomic E-state index is 12.4. The first-order chi connectivity index (χ1) is 22.0. The molecule has 6 aromatic rings. The lowest BCUT2D eigenvalue weighted by atomic mass is 10.0. The van der Waals surface area contributed by atoms with Crippen LogP contribution in [0.15, 0.2) is 146 Å². The number of fused-ring (bicyclic) bond motifs is 2. The van der Waals surface area contributed by atoms with Crippen molar-refractivity contribution in [2.24, 2.45) is 20.5 Å². The third-order valence-corrected chi connectivity index (χ3v) is 8.87. The first-order valence-corrected chi connectivity index (χ1v) is 16.7. The number of para-hydroxylation sites is 1. The summed E-state index contributed by atoms with van der Waals surface area (Å²) in [5.41, 5.74) is 4.01. The van der Waals surface area contributed by atoms with E-state index in [4.69, 9.17) is 0 Å². The maximum Gasteiger partial charge on any atom is 0.295 e. The van der Waals surface area contributed by atoms with Crippen molar-refractivity contribution in [3.05, 3.63) is 121 Å². The summed E-state index contributed by atoms with van der Waals surface area (Å²) in [5.74, 6) is 0. The number of anilines is 2. The second-order valence-corrected chi connectivity index (χ2v) is 13.1. The molecule has 230 valence electrons. The van der Waals surface area contributed by atoms with Gasteiger partial charge in [-0.3, -0.25) is 9.11 Å². The van der Waals surface area contributed by atoms with Gasteiger partial charge in [0.15, 0.2) is 0 Å². The molecule has 3 N–H and O–H groups in total. The second-order valence-electron chi connectivity index (χ2n) is 10.3. The van der Waals surface area contributed by atoms with Crippen LogP contribution in [-0.4, -0.2) is 25.9 Å². The van der Waals surface area contributed by atoms with Crippen LogP contribution in [-0.2, 0) is 20.2 Å². The molecule has 0 bridgehead atoms. The van der Waals surface area contributed by atoms with Crippen LogP contribution < -0.4 is 5.32 Å². The molecule has 0 fully saturated rings. The molecular formula is C33H25N5O6S2. The van der Waals surface area contributed by atoms with Gasteiger partial charge in [-0.2, -0.15) is 21.9 Å². The average molecular weight is 652 g/mol. The van der Waals surface area contributed by atoms with Crippen molar-refractivity contribution < 1.29 is 25.9 Å². The Morgan fingerprint density at radius 1 is 0.565 bits per heavy atom. The number of benzene rings is 6. The Hall–Kier alpha value is -5.34. The molecule has 13 heteroatoms. The molecular weight excluding hydrogens is 627 g/mol. The highest BCUT2D eigenvalue weighted by molar-refractivity contribution is 7.86. The van der Waals surface area contributed by atoms with Crippen molar-refractivity contribution in [1.82, 2.24) is 0 Å². The standard InChI is InChI=1S/C33H25N5O6S2/c1-21-10-15-25-27(20-21)30(36-35-23-11-13-24(14-12-23)45(39,40)41)17-16-28(25)37-38-29-18-19-31(34-22-6-3-2-4-7-22)33-26(29)8-5-9-32(33)46(42,43)44/h2-20,34H,1H3,(H,39,40,41)(H,42,43,44). The Morgan fingerprint density at radius 2 is 1.20 bits per heavy atom. The van der Waals surface area contributed by atoms with Gasteiger partial charge in [0.05, 0.1) is 27.6 Å². The van der Waals surface area contributed by atoms with Crippen LogP contribution in [0.25, 0.3) is 21.5 Å². The Morgan fingerprint density at radius 3 is 1.87 bits per heavy atom. The zero-order valence-corrected chi connectivity index (χ0v) is 25.7. The minimum Gasteiger partial charge on any atom is -0.355 e. The average Bonchev–Trinajstić information content (AvgIpc) is 3.03. The smallest absolute Gasteiger partial charge is 0.295 e. The first-order valence-electron chi connectivity index (χ1n) is 13.8. The predicted octanol–water partition coefficient (Wildman–Crippen LogP) is 9.37. The van der Waals surface area contributed by atoms with Crippen LogP contribution in [0.1, 0.15) is 5.56 Å². The normalized spacial score (nSPS) is 12.4. The van der Waals surface area contributed by atoms with Gasteiger partial charge in [-0.05, 0) is 79.7 Å². The first kappa shape index (κ1) is 30.7. The largest absolute Gasteiger partial charge is 0.355 e. The van der Waals surface area contributed by atoms with E-state index >= 15 is 0 Å². The number of rotatable bonds is 8. The van der Waals surface area contributed by atoms with E-state index in [1.807, 2.05) is 55.5 Å². The van der Waals surface area contributed by atoms with Gasteiger partial charge in [0.1, 0.15) is 4.90 Å².